The first-order valence-corrected chi connectivity index (χ1v) is 19.6. The third-order valence-electron chi connectivity index (χ3n) is 15.1. The van der Waals surface area contributed by atoms with Crippen LogP contribution in [0.3, 0.4) is 0 Å². The Morgan fingerprint density at radius 2 is 1.51 bits per heavy atom. The molecule has 7 N–H and O–H groups in total. The van der Waals surface area contributed by atoms with E-state index in [0.29, 0.717) is 36.0 Å². The molecule has 0 amide bonds. The maximum atomic E-state index is 11.1. The van der Waals surface area contributed by atoms with Crippen molar-refractivity contribution < 1.29 is 64.2 Å². The standard InChI is InChI=1S/C38H60O13/c1-18-6-11-38(46-17-18)14-24-25(51-38)13-23-21-5-4-19-12-20(7-9-36(19,2)22(21)8-10-37(23,24)3)47-34-32(45)30(43)33(27(16-40)49-34)50-35-31(44)29(42)28(41)26(15-39)48-35/h4,18,20-35,39-45H,5-17H2,1-3H3. The van der Waals surface area contributed by atoms with Crippen molar-refractivity contribution in [3.63, 3.8) is 0 Å². The average Bonchev–Trinajstić information content (AvgIpc) is 3.61. The monoisotopic (exact) mass is 724 g/mol. The molecule has 0 bridgehead atoms. The number of hydrogen-bond donors (Lipinski definition) is 7. The predicted octanol–water partition coefficient (Wildman–Crippen LogP) is 1.12. The third-order valence-corrected chi connectivity index (χ3v) is 15.1. The molecule has 13 heteroatoms. The Morgan fingerprint density at radius 3 is 2.24 bits per heavy atom. The molecule has 0 aromatic carbocycles. The summed E-state index contributed by atoms with van der Waals surface area (Å²) in [7, 11) is 0. The smallest absolute Gasteiger partial charge is 0.187 e. The molecule has 290 valence electrons. The highest BCUT2D eigenvalue weighted by atomic mass is 16.7. The van der Waals surface area contributed by atoms with Crippen molar-refractivity contribution in [2.24, 2.45) is 40.4 Å². The van der Waals surface area contributed by atoms with Crippen molar-refractivity contribution in [2.45, 2.75) is 164 Å². The van der Waals surface area contributed by atoms with E-state index in [9.17, 15) is 35.7 Å². The van der Waals surface area contributed by atoms with Crippen molar-refractivity contribution in [1.82, 2.24) is 0 Å². The largest absolute Gasteiger partial charge is 0.394 e. The first-order chi connectivity index (χ1) is 24.3. The number of ether oxygens (including phenoxy) is 6. The topological polar surface area (TPSA) is 197 Å². The molecule has 1 spiro atoms. The number of aliphatic hydroxyl groups is 7. The SMILES string of the molecule is CC1CCC2(CC3C(CC4C5CC=C6CC(OC7OC(CO)C(OC8OC(CO)C(O)C(O)C8O)C(O)C7O)CCC6(C)C5CCC34C)O2)OC1. The maximum absolute atomic E-state index is 11.1. The highest BCUT2D eigenvalue weighted by Crippen LogP contribution is 2.69. The molecule has 4 saturated heterocycles. The molecule has 20 unspecified atom stereocenters. The van der Waals surface area contributed by atoms with Crippen molar-refractivity contribution in [3.05, 3.63) is 11.6 Å². The Kier molecular flexibility index (Phi) is 10.0. The molecule has 4 aliphatic carbocycles. The normalized spacial score (nSPS) is 56.9. The minimum atomic E-state index is -1.72. The summed E-state index contributed by atoms with van der Waals surface area (Å²) in [5.74, 6) is 2.65. The molecule has 8 rings (SSSR count). The summed E-state index contributed by atoms with van der Waals surface area (Å²) in [6.07, 6.45) is -1.92. The summed E-state index contributed by atoms with van der Waals surface area (Å²) in [6, 6.07) is 0. The fourth-order valence-electron chi connectivity index (χ4n) is 12.0. The predicted molar refractivity (Wildman–Crippen MR) is 178 cm³/mol. The van der Waals surface area contributed by atoms with Gasteiger partial charge in [-0.15, -0.1) is 0 Å². The lowest BCUT2D eigenvalue weighted by Gasteiger charge is -2.58. The Balaban J connectivity index is 0.904. The van der Waals surface area contributed by atoms with Gasteiger partial charge in [0.1, 0.15) is 48.8 Å². The highest BCUT2D eigenvalue weighted by Gasteiger charge is 2.66. The number of aliphatic hydroxyl groups excluding tert-OH is 7. The van der Waals surface area contributed by atoms with Gasteiger partial charge >= 0.3 is 0 Å². The van der Waals surface area contributed by atoms with Crippen LogP contribution >= 0.6 is 0 Å². The van der Waals surface area contributed by atoms with Crippen LogP contribution in [0, 0.1) is 40.4 Å². The van der Waals surface area contributed by atoms with Crippen molar-refractivity contribution in [1.29, 1.82) is 0 Å². The third kappa shape index (κ3) is 6.09. The Labute approximate surface area is 300 Å². The molecule has 0 aromatic rings. The Morgan fingerprint density at radius 1 is 0.784 bits per heavy atom. The summed E-state index contributed by atoms with van der Waals surface area (Å²) in [6.45, 7) is 6.80. The molecule has 4 aliphatic heterocycles. The van der Waals surface area contributed by atoms with Crippen LogP contribution in [0.5, 0.6) is 0 Å². The summed E-state index contributed by atoms with van der Waals surface area (Å²) >= 11 is 0. The molecule has 13 nitrogen and oxygen atoms in total. The molecule has 8 aliphatic rings. The minimum Gasteiger partial charge on any atom is -0.394 e. The summed E-state index contributed by atoms with van der Waals surface area (Å²) in [5.41, 5.74) is 1.73. The second-order valence-corrected chi connectivity index (χ2v) is 17.9. The van der Waals surface area contributed by atoms with Gasteiger partial charge in [-0.25, -0.2) is 0 Å². The van der Waals surface area contributed by atoms with Crippen molar-refractivity contribution in [2.75, 3.05) is 19.8 Å². The van der Waals surface area contributed by atoms with E-state index in [0.717, 1.165) is 45.1 Å². The van der Waals surface area contributed by atoms with Crippen LogP contribution in [0.2, 0.25) is 0 Å². The van der Waals surface area contributed by atoms with Crippen molar-refractivity contribution in [3.8, 4) is 0 Å². The lowest BCUT2D eigenvalue weighted by molar-refractivity contribution is -0.363. The number of allylic oxidation sites excluding steroid dienone is 1. The zero-order chi connectivity index (χ0) is 36.0. The first-order valence-electron chi connectivity index (χ1n) is 19.6. The number of hydrogen-bond acceptors (Lipinski definition) is 13. The van der Waals surface area contributed by atoms with Crippen molar-refractivity contribution >= 4 is 0 Å². The van der Waals surface area contributed by atoms with Gasteiger partial charge in [-0.2, -0.15) is 0 Å². The van der Waals surface area contributed by atoms with Gasteiger partial charge in [-0.3, -0.25) is 0 Å². The second-order valence-electron chi connectivity index (χ2n) is 17.9. The van der Waals surface area contributed by atoms with E-state index < -0.39 is 74.6 Å². The molecule has 20 atom stereocenters. The zero-order valence-electron chi connectivity index (χ0n) is 30.2. The van der Waals surface area contributed by atoms with E-state index in [1.54, 1.807) is 0 Å². The van der Waals surface area contributed by atoms with Crippen LogP contribution in [-0.2, 0) is 28.4 Å². The minimum absolute atomic E-state index is 0.0655. The molecule has 0 aromatic heterocycles. The van der Waals surface area contributed by atoms with E-state index in [1.165, 1.54) is 24.8 Å². The lowest BCUT2D eigenvalue weighted by Crippen LogP contribution is -2.65. The van der Waals surface area contributed by atoms with E-state index in [2.05, 4.69) is 26.8 Å². The zero-order valence-corrected chi connectivity index (χ0v) is 30.2. The fraction of sp³-hybridized carbons (Fsp3) is 0.947. The summed E-state index contributed by atoms with van der Waals surface area (Å²) in [4.78, 5) is 0. The van der Waals surface area contributed by atoms with Gasteiger partial charge in [0.25, 0.3) is 0 Å². The fourth-order valence-corrected chi connectivity index (χ4v) is 12.0. The van der Waals surface area contributed by atoms with E-state index in [-0.39, 0.29) is 28.8 Å². The molecular weight excluding hydrogens is 664 g/mol. The second kappa shape index (κ2) is 13.8. The number of rotatable bonds is 6. The van der Waals surface area contributed by atoms with Gasteiger partial charge in [-0.1, -0.05) is 32.4 Å². The van der Waals surface area contributed by atoms with Crippen LogP contribution in [0.15, 0.2) is 11.6 Å². The van der Waals surface area contributed by atoms with Gasteiger partial charge in [0.2, 0.25) is 0 Å². The highest BCUT2D eigenvalue weighted by molar-refractivity contribution is 5.26. The van der Waals surface area contributed by atoms with Gasteiger partial charge in [-0.05, 0) is 91.8 Å². The Hall–Kier alpha value is -0.780. The molecule has 4 heterocycles. The summed E-state index contributed by atoms with van der Waals surface area (Å²) < 4.78 is 36.7. The van der Waals surface area contributed by atoms with Crippen LogP contribution in [0.25, 0.3) is 0 Å². The van der Waals surface area contributed by atoms with Crippen LogP contribution in [0.4, 0.5) is 0 Å². The molecule has 0 radical (unpaired) electrons. The van der Waals surface area contributed by atoms with Crippen LogP contribution < -0.4 is 0 Å². The lowest BCUT2D eigenvalue weighted by atomic mass is 9.47. The number of fused-ring (bicyclic) bond motifs is 7. The van der Waals surface area contributed by atoms with Gasteiger partial charge in [0.05, 0.1) is 32.0 Å². The molecule has 7 fully saturated rings. The van der Waals surface area contributed by atoms with Crippen LogP contribution in [0.1, 0.15) is 85.0 Å². The van der Waals surface area contributed by atoms with E-state index in [4.69, 9.17) is 28.4 Å². The molecular formula is C38H60O13. The van der Waals surface area contributed by atoms with E-state index >= 15 is 0 Å². The summed E-state index contributed by atoms with van der Waals surface area (Å²) in [5, 5.41) is 72.6. The first kappa shape index (κ1) is 37.2. The van der Waals surface area contributed by atoms with E-state index in [1.807, 2.05) is 0 Å². The quantitative estimate of drug-likeness (QED) is 0.193. The van der Waals surface area contributed by atoms with Gasteiger partial charge in [0, 0.05) is 12.8 Å². The molecule has 51 heavy (non-hydrogen) atoms. The Bertz CT molecular complexity index is 1290. The molecule has 3 saturated carbocycles. The van der Waals surface area contributed by atoms with Gasteiger partial charge < -0.3 is 64.2 Å². The average molecular weight is 725 g/mol. The van der Waals surface area contributed by atoms with Crippen LogP contribution in [-0.4, -0.2) is 135 Å². The maximum Gasteiger partial charge on any atom is 0.187 e. The van der Waals surface area contributed by atoms with Gasteiger partial charge in [0.15, 0.2) is 18.4 Å².